The number of fused-ring (bicyclic) bond motifs is 5. The van der Waals surface area contributed by atoms with Crippen molar-refractivity contribution in [2.45, 2.75) is 0 Å². The predicted octanol–water partition coefficient (Wildman–Crippen LogP) is 14.1. The van der Waals surface area contributed by atoms with Crippen molar-refractivity contribution >= 4 is 49.5 Å². The number of aromatic nitrogens is 2. The van der Waals surface area contributed by atoms with E-state index in [9.17, 15) is 0 Å². The summed E-state index contributed by atoms with van der Waals surface area (Å²) in [6.07, 6.45) is 0. The van der Waals surface area contributed by atoms with E-state index in [1.807, 2.05) is 12.1 Å². The fraction of sp³-hybridized carbons (Fsp3) is 0. The number of hydrogen-bond acceptors (Lipinski definition) is 3. The summed E-state index contributed by atoms with van der Waals surface area (Å²) < 4.78 is 0. The molecule has 0 saturated carbocycles. The number of para-hydroxylation sites is 3. The van der Waals surface area contributed by atoms with Crippen LogP contribution in [-0.2, 0) is 0 Å². The number of benzene rings is 8. The minimum Gasteiger partial charge on any atom is -0.310 e. The first-order valence-electron chi connectivity index (χ1n) is 18.7. The van der Waals surface area contributed by atoms with Crippen molar-refractivity contribution in [1.82, 2.24) is 9.97 Å². The predicted molar refractivity (Wildman–Crippen MR) is 231 cm³/mol. The van der Waals surface area contributed by atoms with Crippen LogP contribution >= 0.6 is 0 Å². The topological polar surface area (TPSA) is 29.0 Å². The van der Waals surface area contributed by atoms with Gasteiger partial charge in [-0.1, -0.05) is 164 Å². The highest BCUT2D eigenvalue weighted by atomic mass is 15.1. The van der Waals surface area contributed by atoms with E-state index in [1.54, 1.807) is 0 Å². The van der Waals surface area contributed by atoms with E-state index in [0.29, 0.717) is 0 Å². The van der Waals surface area contributed by atoms with Gasteiger partial charge in [0.1, 0.15) is 0 Å². The first-order valence-corrected chi connectivity index (χ1v) is 18.7. The molecule has 0 aliphatic carbocycles. The molecule has 10 aromatic rings. The van der Waals surface area contributed by atoms with Crippen molar-refractivity contribution in [3.63, 3.8) is 0 Å². The van der Waals surface area contributed by atoms with Crippen molar-refractivity contribution in [2.75, 3.05) is 4.90 Å². The van der Waals surface area contributed by atoms with Gasteiger partial charge < -0.3 is 4.90 Å². The van der Waals surface area contributed by atoms with Crippen LogP contribution in [0.25, 0.3) is 77.3 Å². The molecule has 0 bridgehead atoms. The Morgan fingerprint density at radius 1 is 0.327 bits per heavy atom. The SMILES string of the molecule is c1ccc(-c2cc(-c3ccc(-c4nc5ccccc5c5c4c(N(c4ccccc4)c4ccccc4)cc4ccccc45)cc3)cc(-c3ccccc3)n2)cc1. The van der Waals surface area contributed by atoms with Crippen LogP contribution in [-0.4, -0.2) is 9.97 Å². The molecule has 3 heteroatoms. The summed E-state index contributed by atoms with van der Waals surface area (Å²) in [6, 6.07) is 75.0. The average molecular weight is 702 g/mol. The fourth-order valence-corrected chi connectivity index (χ4v) is 7.81. The molecule has 3 nitrogen and oxygen atoms in total. The lowest BCUT2D eigenvalue weighted by Gasteiger charge is -2.28. The Hall–Kier alpha value is -7.36. The largest absolute Gasteiger partial charge is 0.310 e. The molecule has 8 aromatic carbocycles. The molecule has 0 unspecified atom stereocenters. The van der Waals surface area contributed by atoms with Gasteiger partial charge in [-0.25, -0.2) is 9.97 Å². The molecule has 0 atom stereocenters. The van der Waals surface area contributed by atoms with E-state index in [-0.39, 0.29) is 0 Å². The maximum atomic E-state index is 5.48. The van der Waals surface area contributed by atoms with E-state index >= 15 is 0 Å². The van der Waals surface area contributed by atoms with E-state index in [2.05, 4.69) is 205 Å². The van der Waals surface area contributed by atoms with E-state index in [1.165, 1.54) is 16.2 Å². The third-order valence-corrected chi connectivity index (χ3v) is 10.4. The Morgan fingerprint density at radius 2 is 0.818 bits per heavy atom. The molecule has 0 spiro atoms. The summed E-state index contributed by atoms with van der Waals surface area (Å²) in [4.78, 5) is 13.0. The zero-order valence-corrected chi connectivity index (χ0v) is 30.0. The second kappa shape index (κ2) is 13.9. The lowest BCUT2D eigenvalue weighted by molar-refractivity contribution is 1.30. The highest BCUT2D eigenvalue weighted by molar-refractivity contribution is 6.27. The summed E-state index contributed by atoms with van der Waals surface area (Å²) in [5, 5.41) is 5.83. The van der Waals surface area contributed by atoms with Gasteiger partial charge in [-0.3, -0.25) is 0 Å². The quantitative estimate of drug-likeness (QED) is 0.155. The highest BCUT2D eigenvalue weighted by Crippen LogP contribution is 2.47. The van der Waals surface area contributed by atoms with Gasteiger partial charge in [0, 0.05) is 44.2 Å². The van der Waals surface area contributed by atoms with Gasteiger partial charge in [0.05, 0.1) is 28.3 Å². The van der Waals surface area contributed by atoms with Crippen LogP contribution in [0.15, 0.2) is 212 Å². The molecule has 258 valence electrons. The molecule has 2 heterocycles. The van der Waals surface area contributed by atoms with Gasteiger partial charge in [-0.2, -0.15) is 0 Å². The molecule has 0 radical (unpaired) electrons. The van der Waals surface area contributed by atoms with E-state index in [0.717, 1.165) is 78.3 Å². The number of nitrogens with zero attached hydrogens (tertiary/aromatic N) is 3. The minimum atomic E-state index is 0.946. The van der Waals surface area contributed by atoms with Crippen LogP contribution in [0, 0.1) is 0 Å². The highest BCUT2D eigenvalue weighted by Gasteiger charge is 2.22. The molecule has 0 aliphatic rings. The maximum absolute atomic E-state index is 5.48. The maximum Gasteiger partial charge on any atom is 0.0809 e. The first kappa shape index (κ1) is 32.3. The Labute approximate surface area is 320 Å². The number of anilines is 3. The third-order valence-electron chi connectivity index (χ3n) is 10.4. The molecule has 2 aromatic heterocycles. The van der Waals surface area contributed by atoms with Crippen LogP contribution in [0.4, 0.5) is 17.1 Å². The standard InChI is InChI=1S/C52H35N3/c1-5-17-37(18-6-1)47-33-41(34-48(53-47)38-19-7-2-8-20-38)36-29-31-39(32-30-36)52-51-49(55(42-22-9-3-10-23-42)43-24-11-4-12-25-43)35-40-21-13-14-26-44(40)50(51)45-27-15-16-28-46(45)54-52/h1-35H. The van der Waals surface area contributed by atoms with Gasteiger partial charge in [0.15, 0.2) is 0 Å². The molecule has 0 amide bonds. The summed E-state index contributed by atoms with van der Waals surface area (Å²) in [5.41, 5.74) is 12.5. The van der Waals surface area contributed by atoms with Crippen LogP contribution in [0.2, 0.25) is 0 Å². The molecule has 10 rings (SSSR count). The minimum absolute atomic E-state index is 0.946. The second-order valence-corrected chi connectivity index (χ2v) is 13.8. The summed E-state index contributed by atoms with van der Waals surface area (Å²) in [5.74, 6) is 0. The van der Waals surface area contributed by atoms with Crippen molar-refractivity contribution in [2.24, 2.45) is 0 Å². The van der Waals surface area contributed by atoms with Crippen LogP contribution in [0.1, 0.15) is 0 Å². The Bertz CT molecular complexity index is 2830. The Balaban J connectivity index is 1.22. The Morgan fingerprint density at radius 3 is 1.42 bits per heavy atom. The zero-order chi connectivity index (χ0) is 36.6. The van der Waals surface area contributed by atoms with E-state index in [4.69, 9.17) is 9.97 Å². The second-order valence-electron chi connectivity index (χ2n) is 13.8. The lowest BCUT2D eigenvalue weighted by Crippen LogP contribution is -2.11. The van der Waals surface area contributed by atoms with Gasteiger partial charge in [-0.05, 0) is 70.4 Å². The van der Waals surface area contributed by atoms with Crippen LogP contribution in [0.5, 0.6) is 0 Å². The normalized spacial score (nSPS) is 11.3. The first-order chi connectivity index (χ1) is 27.3. The number of hydrogen-bond donors (Lipinski definition) is 0. The summed E-state index contributed by atoms with van der Waals surface area (Å²) >= 11 is 0. The lowest BCUT2D eigenvalue weighted by atomic mass is 9.92. The summed E-state index contributed by atoms with van der Waals surface area (Å²) in [7, 11) is 0. The molecule has 0 fully saturated rings. The van der Waals surface area contributed by atoms with Crippen LogP contribution in [0.3, 0.4) is 0 Å². The monoisotopic (exact) mass is 701 g/mol. The van der Waals surface area contributed by atoms with Crippen molar-refractivity contribution in [3.05, 3.63) is 212 Å². The molecule has 0 aliphatic heterocycles. The van der Waals surface area contributed by atoms with Gasteiger partial charge in [0.25, 0.3) is 0 Å². The zero-order valence-electron chi connectivity index (χ0n) is 30.0. The smallest absolute Gasteiger partial charge is 0.0809 e. The molecular formula is C52H35N3. The molecule has 0 N–H and O–H groups in total. The van der Waals surface area contributed by atoms with Gasteiger partial charge in [-0.15, -0.1) is 0 Å². The number of rotatable bonds is 7. The summed E-state index contributed by atoms with van der Waals surface area (Å²) in [6.45, 7) is 0. The van der Waals surface area contributed by atoms with Gasteiger partial charge in [0.2, 0.25) is 0 Å². The number of pyridine rings is 2. The van der Waals surface area contributed by atoms with Crippen molar-refractivity contribution in [1.29, 1.82) is 0 Å². The molecule has 55 heavy (non-hydrogen) atoms. The van der Waals surface area contributed by atoms with Crippen molar-refractivity contribution in [3.8, 4) is 44.9 Å². The van der Waals surface area contributed by atoms with E-state index < -0.39 is 0 Å². The third kappa shape index (κ3) is 5.98. The average Bonchev–Trinajstić information content (AvgIpc) is 3.27. The van der Waals surface area contributed by atoms with Crippen LogP contribution < -0.4 is 4.90 Å². The van der Waals surface area contributed by atoms with Crippen molar-refractivity contribution < 1.29 is 0 Å². The fourth-order valence-electron chi connectivity index (χ4n) is 7.81. The van der Waals surface area contributed by atoms with Gasteiger partial charge >= 0.3 is 0 Å². The molecule has 0 saturated heterocycles. The molecular weight excluding hydrogens is 667 g/mol. The Kier molecular flexibility index (Phi) is 8.16.